The monoisotopic (exact) mass is 378 g/mol. The van der Waals surface area contributed by atoms with Crippen LogP contribution >= 0.6 is 23.4 Å². The SMILES string of the molecule is CSc1nc(C)c(CCC(=O)Nc2cc(Cl)ccc2N(C)C)c(C)n1. The highest BCUT2D eigenvalue weighted by Crippen LogP contribution is 2.28. The van der Waals surface area contributed by atoms with Crippen molar-refractivity contribution in [1.29, 1.82) is 0 Å². The predicted molar refractivity (Wildman–Crippen MR) is 106 cm³/mol. The van der Waals surface area contributed by atoms with Gasteiger partial charge in [0.2, 0.25) is 5.91 Å². The number of nitrogens with one attached hydrogen (secondary N) is 1. The van der Waals surface area contributed by atoms with Crippen LogP contribution in [0.1, 0.15) is 23.4 Å². The highest BCUT2D eigenvalue weighted by Gasteiger charge is 2.13. The van der Waals surface area contributed by atoms with Crippen molar-refractivity contribution in [2.75, 3.05) is 30.6 Å². The molecule has 0 saturated heterocycles. The zero-order valence-electron chi connectivity index (χ0n) is 15.2. The molecule has 1 amide bonds. The van der Waals surface area contributed by atoms with Crippen molar-refractivity contribution < 1.29 is 4.79 Å². The minimum atomic E-state index is -0.0573. The highest BCUT2D eigenvalue weighted by atomic mass is 35.5. The number of carbonyl (C=O) groups is 1. The lowest BCUT2D eigenvalue weighted by Crippen LogP contribution is -2.17. The van der Waals surface area contributed by atoms with Crippen LogP contribution in [0.15, 0.2) is 23.4 Å². The van der Waals surface area contributed by atoms with Gasteiger partial charge >= 0.3 is 0 Å². The average Bonchev–Trinajstić information content (AvgIpc) is 2.53. The molecule has 2 rings (SSSR count). The topological polar surface area (TPSA) is 58.1 Å². The molecule has 7 heteroatoms. The number of thioether (sulfide) groups is 1. The number of carbonyl (C=O) groups excluding carboxylic acids is 1. The number of benzene rings is 1. The predicted octanol–water partition coefficient (Wildman–Crippen LogP) is 4.11. The average molecular weight is 379 g/mol. The summed E-state index contributed by atoms with van der Waals surface area (Å²) in [6.07, 6.45) is 2.92. The quantitative estimate of drug-likeness (QED) is 0.605. The van der Waals surface area contributed by atoms with E-state index in [1.54, 1.807) is 6.07 Å². The summed E-state index contributed by atoms with van der Waals surface area (Å²) in [4.78, 5) is 23.3. The van der Waals surface area contributed by atoms with E-state index >= 15 is 0 Å². The maximum absolute atomic E-state index is 12.4. The summed E-state index contributed by atoms with van der Waals surface area (Å²) in [5.74, 6) is -0.0573. The number of aryl methyl sites for hydroxylation is 2. The smallest absolute Gasteiger partial charge is 0.224 e. The Bertz CT molecular complexity index is 757. The van der Waals surface area contributed by atoms with Gasteiger partial charge < -0.3 is 10.2 Å². The number of hydrogen-bond acceptors (Lipinski definition) is 5. The summed E-state index contributed by atoms with van der Waals surface area (Å²) in [6.45, 7) is 3.92. The van der Waals surface area contributed by atoms with Gasteiger partial charge in [-0.25, -0.2) is 9.97 Å². The molecular formula is C18H23ClN4OS. The lowest BCUT2D eigenvalue weighted by molar-refractivity contribution is -0.116. The highest BCUT2D eigenvalue weighted by molar-refractivity contribution is 7.98. The van der Waals surface area contributed by atoms with E-state index in [-0.39, 0.29) is 5.91 Å². The van der Waals surface area contributed by atoms with E-state index in [2.05, 4.69) is 15.3 Å². The summed E-state index contributed by atoms with van der Waals surface area (Å²) in [6, 6.07) is 5.47. The number of nitrogens with zero attached hydrogens (tertiary/aromatic N) is 3. The van der Waals surface area contributed by atoms with Gasteiger partial charge in [0.15, 0.2) is 5.16 Å². The molecule has 1 heterocycles. The van der Waals surface area contributed by atoms with Gasteiger partial charge in [-0.05, 0) is 50.3 Å². The number of halogens is 1. The summed E-state index contributed by atoms with van der Waals surface area (Å²) in [5, 5.41) is 4.31. The molecular weight excluding hydrogens is 356 g/mol. The van der Waals surface area contributed by atoms with Gasteiger partial charge in [0.25, 0.3) is 0 Å². The minimum absolute atomic E-state index is 0.0573. The van der Waals surface area contributed by atoms with Crippen molar-refractivity contribution in [2.24, 2.45) is 0 Å². The van der Waals surface area contributed by atoms with Crippen molar-refractivity contribution in [3.05, 3.63) is 40.2 Å². The molecule has 0 bridgehead atoms. The van der Waals surface area contributed by atoms with Crippen LogP contribution in [0.3, 0.4) is 0 Å². The zero-order valence-corrected chi connectivity index (χ0v) is 16.8. The van der Waals surface area contributed by atoms with Crippen LogP contribution in [-0.4, -0.2) is 36.2 Å². The molecule has 25 heavy (non-hydrogen) atoms. The van der Waals surface area contributed by atoms with Crippen molar-refractivity contribution in [3.8, 4) is 0 Å². The van der Waals surface area contributed by atoms with Crippen LogP contribution in [0.25, 0.3) is 0 Å². The van der Waals surface area contributed by atoms with Gasteiger partial charge in [-0.2, -0.15) is 0 Å². The Morgan fingerprint density at radius 2 is 1.88 bits per heavy atom. The molecule has 0 fully saturated rings. The fourth-order valence-corrected chi connectivity index (χ4v) is 3.24. The van der Waals surface area contributed by atoms with Gasteiger partial charge in [-0.3, -0.25) is 4.79 Å². The van der Waals surface area contributed by atoms with Crippen LogP contribution in [0.2, 0.25) is 5.02 Å². The third-order valence-corrected chi connectivity index (χ3v) is 4.68. The second kappa shape index (κ2) is 8.54. The first-order valence-electron chi connectivity index (χ1n) is 7.96. The standard InChI is InChI=1S/C18H23ClN4OS/c1-11-14(12(2)21-18(20-11)25-5)7-9-17(24)22-15-10-13(19)6-8-16(15)23(3)4/h6,8,10H,7,9H2,1-5H3,(H,22,24). The Kier molecular flexibility index (Phi) is 6.67. The Balaban J connectivity index is 2.09. The molecule has 0 saturated carbocycles. The van der Waals surface area contributed by atoms with E-state index in [0.29, 0.717) is 23.6 Å². The molecule has 0 aliphatic heterocycles. The molecule has 0 unspecified atom stereocenters. The molecule has 0 aliphatic carbocycles. The van der Waals surface area contributed by atoms with Crippen LogP contribution in [0.4, 0.5) is 11.4 Å². The summed E-state index contributed by atoms with van der Waals surface area (Å²) < 4.78 is 0. The Labute approximate surface area is 158 Å². The second-order valence-electron chi connectivity index (χ2n) is 5.96. The summed E-state index contributed by atoms with van der Waals surface area (Å²) in [7, 11) is 3.85. The molecule has 1 aromatic heterocycles. The molecule has 0 atom stereocenters. The fourth-order valence-electron chi connectivity index (χ4n) is 2.61. The Morgan fingerprint density at radius 1 is 1.24 bits per heavy atom. The first-order valence-corrected chi connectivity index (χ1v) is 9.57. The number of anilines is 2. The normalized spacial score (nSPS) is 10.6. The molecule has 0 spiro atoms. The van der Waals surface area contributed by atoms with Gasteiger partial charge in [-0.1, -0.05) is 23.4 Å². The number of hydrogen-bond donors (Lipinski definition) is 1. The van der Waals surface area contributed by atoms with Crippen LogP contribution in [-0.2, 0) is 11.2 Å². The van der Waals surface area contributed by atoms with E-state index in [0.717, 1.165) is 27.8 Å². The third-order valence-electron chi connectivity index (χ3n) is 3.90. The van der Waals surface area contributed by atoms with Gasteiger partial charge in [0.05, 0.1) is 11.4 Å². The summed E-state index contributed by atoms with van der Waals surface area (Å²) >= 11 is 7.58. The second-order valence-corrected chi connectivity index (χ2v) is 7.17. The molecule has 1 aromatic carbocycles. The lowest BCUT2D eigenvalue weighted by atomic mass is 10.1. The maximum atomic E-state index is 12.4. The Morgan fingerprint density at radius 3 is 2.44 bits per heavy atom. The van der Waals surface area contributed by atoms with Crippen molar-refractivity contribution in [3.63, 3.8) is 0 Å². The van der Waals surface area contributed by atoms with Crippen molar-refractivity contribution >= 4 is 40.6 Å². The third kappa shape index (κ3) is 5.09. The lowest BCUT2D eigenvalue weighted by Gasteiger charge is -2.18. The Hall–Kier alpha value is -1.79. The molecule has 5 nitrogen and oxygen atoms in total. The number of rotatable bonds is 6. The van der Waals surface area contributed by atoms with E-state index < -0.39 is 0 Å². The summed E-state index contributed by atoms with van der Waals surface area (Å²) in [5.41, 5.74) is 4.53. The van der Waals surface area contributed by atoms with Crippen LogP contribution in [0.5, 0.6) is 0 Å². The van der Waals surface area contributed by atoms with Crippen molar-refractivity contribution in [2.45, 2.75) is 31.8 Å². The van der Waals surface area contributed by atoms with Crippen LogP contribution < -0.4 is 10.2 Å². The van der Waals surface area contributed by atoms with Crippen LogP contribution in [0, 0.1) is 13.8 Å². The number of aromatic nitrogens is 2. The molecule has 134 valence electrons. The molecule has 0 radical (unpaired) electrons. The van der Waals surface area contributed by atoms with Crippen molar-refractivity contribution in [1.82, 2.24) is 9.97 Å². The molecule has 0 aliphatic rings. The maximum Gasteiger partial charge on any atom is 0.224 e. The van der Waals surface area contributed by atoms with E-state index in [9.17, 15) is 4.79 Å². The first kappa shape index (κ1) is 19.5. The number of amides is 1. The fraction of sp³-hybridized carbons (Fsp3) is 0.389. The van der Waals surface area contributed by atoms with E-state index in [1.807, 2.05) is 51.2 Å². The molecule has 1 N–H and O–H groups in total. The first-order chi connectivity index (χ1) is 11.8. The van der Waals surface area contributed by atoms with Gasteiger partial charge in [-0.15, -0.1) is 0 Å². The zero-order chi connectivity index (χ0) is 18.6. The molecule has 2 aromatic rings. The van der Waals surface area contributed by atoms with Gasteiger partial charge in [0.1, 0.15) is 0 Å². The van der Waals surface area contributed by atoms with E-state index in [1.165, 1.54) is 11.8 Å². The van der Waals surface area contributed by atoms with E-state index in [4.69, 9.17) is 11.6 Å². The minimum Gasteiger partial charge on any atom is -0.376 e. The van der Waals surface area contributed by atoms with Gasteiger partial charge in [0, 0.05) is 36.9 Å². The largest absolute Gasteiger partial charge is 0.376 e.